The summed E-state index contributed by atoms with van der Waals surface area (Å²) in [5.74, 6) is 0.825. The molecule has 0 fully saturated rings. The molecular formula is C27H26N2O5S. The minimum atomic E-state index is -0.696. The van der Waals surface area contributed by atoms with Crippen molar-refractivity contribution in [2.45, 2.75) is 19.9 Å². The fourth-order valence-electron chi connectivity index (χ4n) is 3.92. The largest absolute Gasteiger partial charge is 0.497 e. The molecule has 180 valence electrons. The molecule has 0 spiro atoms. The van der Waals surface area contributed by atoms with Gasteiger partial charge in [-0.15, -0.1) is 0 Å². The van der Waals surface area contributed by atoms with Crippen molar-refractivity contribution in [3.63, 3.8) is 0 Å². The first kappa shape index (κ1) is 24.2. The van der Waals surface area contributed by atoms with Gasteiger partial charge < -0.3 is 14.2 Å². The second-order valence-electron chi connectivity index (χ2n) is 7.71. The van der Waals surface area contributed by atoms with Crippen LogP contribution in [0.2, 0.25) is 0 Å². The molecular weight excluding hydrogens is 464 g/mol. The van der Waals surface area contributed by atoms with Crippen LogP contribution in [0.25, 0.3) is 6.08 Å². The maximum absolute atomic E-state index is 13.7. The van der Waals surface area contributed by atoms with Gasteiger partial charge in [0.05, 0.1) is 35.6 Å². The molecule has 2 aromatic carbocycles. The lowest BCUT2D eigenvalue weighted by atomic mass is 9.96. The van der Waals surface area contributed by atoms with Crippen LogP contribution < -0.4 is 24.4 Å². The number of thiazole rings is 1. The van der Waals surface area contributed by atoms with E-state index in [-0.39, 0.29) is 12.2 Å². The Balaban J connectivity index is 1.92. The van der Waals surface area contributed by atoms with Gasteiger partial charge in [0.1, 0.15) is 18.1 Å². The average Bonchev–Trinajstić information content (AvgIpc) is 3.17. The third kappa shape index (κ3) is 4.83. The zero-order chi connectivity index (χ0) is 24.9. The Bertz CT molecular complexity index is 1460. The van der Waals surface area contributed by atoms with Gasteiger partial charge in [-0.1, -0.05) is 54.3 Å². The second kappa shape index (κ2) is 10.6. The van der Waals surface area contributed by atoms with E-state index in [2.05, 4.69) is 11.6 Å². The molecule has 7 nitrogen and oxygen atoms in total. The van der Waals surface area contributed by atoms with E-state index < -0.39 is 12.0 Å². The molecule has 0 amide bonds. The number of ether oxygens (including phenoxy) is 3. The third-order valence-corrected chi connectivity index (χ3v) is 6.49. The number of fused-ring (bicyclic) bond motifs is 1. The highest BCUT2D eigenvalue weighted by Gasteiger charge is 2.33. The predicted octanol–water partition coefficient (Wildman–Crippen LogP) is 3.37. The van der Waals surface area contributed by atoms with Gasteiger partial charge in [-0.25, -0.2) is 9.79 Å². The van der Waals surface area contributed by atoms with Crippen LogP contribution in [0.15, 0.2) is 82.2 Å². The SMILES string of the molecule is C=CCOC(=O)C1=C(C)N=c2s/c(=C/c3ccccc3OCC)c(=O)n2[C@@H]1c1ccc(OC)cc1. The summed E-state index contributed by atoms with van der Waals surface area (Å²) in [7, 11) is 1.58. The lowest BCUT2D eigenvalue weighted by Crippen LogP contribution is -2.39. The quantitative estimate of drug-likeness (QED) is 0.357. The van der Waals surface area contributed by atoms with Gasteiger partial charge in [0, 0.05) is 5.56 Å². The van der Waals surface area contributed by atoms with Gasteiger partial charge in [-0.2, -0.15) is 0 Å². The molecule has 0 bridgehead atoms. The van der Waals surface area contributed by atoms with E-state index in [0.29, 0.717) is 38.7 Å². The summed E-state index contributed by atoms with van der Waals surface area (Å²) in [6.45, 7) is 7.84. The summed E-state index contributed by atoms with van der Waals surface area (Å²) >= 11 is 1.27. The number of rotatable bonds is 8. The fraction of sp³-hybridized carbons (Fsp3) is 0.222. The molecule has 8 heteroatoms. The van der Waals surface area contributed by atoms with Gasteiger partial charge in [-0.05, 0) is 43.7 Å². The first-order valence-corrected chi connectivity index (χ1v) is 12.0. The molecule has 0 N–H and O–H groups in total. The molecule has 35 heavy (non-hydrogen) atoms. The normalized spacial score (nSPS) is 15.3. The molecule has 2 heterocycles. The van der Waals surface area contributed by atoms with E-state index >= 15 is 0 Å². The Hall–Kier alpha value is -3.91. The van der Waals surface area contributed by atoms with E-state index in [9.17, 15) is 9.59 Å². The van der Waals surface area contributed by atoms with Crippen LogP contribution in [0.1, 0.15) is 31.0 Å². The summed E-state index contributed by atoms with van der Waals surface area (Å²) in [5.41, 5.74) is 2.10. The fourth-order valence-corrected chi connectivity index (χ4v) is 4.96. The number of para-hydroxylation sites is 1. The summed E-state index contributed by atoms with van der Waals surface area (Å²) in [4.78, 5) is 31.9. The number of allylic oxidation sites excluding steroid dienone is 1. The van der Waals surface area contributed by atoms with Gasteiger partial charge in [-0.3, -0.25) is 9.36 Å². The van der Waals surface area contributed by atoms with Crippen LogP contribution in [-0.4, -0.2) is 30.9 Å². The molecule has 0 radical (unpaired) electrons. The Morgan fingerprint density at radius 2 is 1.94 bits per heavy atom. The predicted molar refractivity (Wildman–Crippen MR) is 136 cm³/mol. The Morgan fingerprint density at radius 3 is 2.63 bits per heavy atom. The van der Waals surface area contributed by atoms with Crippen molar-refractivity contribution in [1.82, 2.24) is 4.57 Å². The summed E-state index contributed by atoms with van der Waals surface area (Å²) < 4.78 is 18.4. The first-order chi connectivity index (χ1) is 17.0. The highest BCUT2D eigenvalue weighted by atomic mass is 32.1. The maximum atomic E-state index is 13.7. The van der Waals surface area contributed by atoms with Crippen LogP contribution >= 0.6 is 11.3 Å². The average molecular weight is 491 g/mol. The van der Waals surface area contributed by atoms with Crippen LogP contribution in [0.4, 0.5) is 0 Å². The van der Waals surface area contributed by atoms with Crippen LogP contribution in [0, 0.1) is 0 Å². The molecule has 1 aromatic heterocycles. The molecule has 1 aliphatic heterocycles. The number of aromatic nitrogens is 1. The second-order valence-corrected chi connectivity index (χ2v) is 8.72. The zero-order valence-corrected chi connectivity index (χ0v) is 20.6. The first-order valence-electron chi connectivity index (χ1n) is 11.1. The van der Waals surface area contributed by atoms with Crippen molar-refractivity contribution in [2.24, 2.45) is 4.99 Å². The smallest absolute Gasteiger partial charge is 0.338 e. The van der Waals surface area contributed by atoms with Crippen LogP contribution in [0.5, 0.6) is 11.5 Å². The number of benzene rings is 2. The van der Waals surface area contributed by atoms with Gasteiger partial charge in [0.15, 0.2) is 4.80 Å². The van der Waals surface area contributed by atoms with E-state index in [1.54, 1.807) is 36.8 Å². The standard InChI is InChI=1S/C27H26N2O5S/c1-5-15-34-26(31)23-17(3)28-27-29(24(23)18-11-13-20(32-4)14-12-18)25(30)22(35-27)16-19-9-7-8-10-21(19)33-6-2/h5,7-14,16,24H,1,6,15H2,2-4H3/b22-16+/t24-/m1/s1. The van der Waals surface area contributed by atoms with Gasteiger partial charge >= 0.3 is 5.97 Å². The molecule has 4 rings (SSSR count). The van der Waals surface area contributed by atoms with E-state index in [1.807, 2.05) is 43.3 Å². The Morgan fingerprint density at radius 1 is 1.20 bits per heavy atom. The number of esters is 1. The van der Waals surface area contributed by atoms with Gasteiger partial charge in [0.25, 0.3) is 5.56 Å². The van der Waals surface area contributed by atoms with Crippen molar-refractivity contribution in [3.8, 4) is 11.5 Å². The highest BCUT2D eigenvalue weighted by Crippen LogP contribution is 2.31. The minimum absolute atomic E-state index is 0.0591. The van der Waals surface area contributed by atoms with E-state index in [1.165, 1.54) is 17.4 Å². The summed E-state index contributed by atoms with van der Waals surface area (Å²) in [6.07, 6.45) is 3.30. The van der Waals surface area contributed by atoms with Crippen molar-refractivity contribution >= 4 is 23.4 Å². The number of hydrogen-bond acceptors (Lipinski definition) is 7. The molecule has 1 atom stereocenters. The van der Waals surface area contributed by atoms with Crippen LogP contribution in [-0.2, 0) is 9.53 Å². The van der Waals surface area contributed by atoms with Crippen molar-refractivity contribution in [2.75, 3.05) is 20.3 Å². The van der Waals surface area contributed by atoms with Crippen LogP contribution in [0.3, 0.4) is 0 Å². The zero-order valence-electron chi connectivity index (χ0n) is 19.8. The Kier molecular flexibility index (Phi) is 7.31. The van der Waals surface area contributed by atoms with Gasteiger partial charge in [0.2, 0.25) is 0 Å². The highest BCUT2D eigenvalue weighted by molar-refractivity contribution is 7.07. The third-order valence-electron chi connectivity index (χ3n) is 5.51. The van der Waals surface area contributed by atoms with Crippen molar-refractivity contribution < 1.29 is 19.0 Å². The molecule has 0 saturated heterocycles. The number of carbonyl (C=O) groups excluding carboxylic acids is 1. The Labute approximate surface area is 206 Å². The van der Waals surface area contributed by atoms with Crippen molar-refractivity contribution in [3.05, 3.63) is 103 Å². The lowest BCUT2D eigenvalue weighted by Gasteiger charge is -2.24. The molecule has 3 aromatic rings. The maximum Gasteiger partial charge on any atom is 0.338 e. The number of methoxy groups -OCH3 is 1. The number of nitrogens with zero attached hydrogens (tertiary/aromatic N) is 2. The molecule has 0 saturated carbocycles. The molecule has 1 aliphatic rings. The molecule has 0 unspecified atom stereocenters. The summed E-state index contributed by atoms with van der Waals surface area (Å²) in [5, 5.41) is 0. The number of hydrogen-bond donors (Lipinski definition) is 0. The topological polar surface area (TPSA) is 79.1 Å². The summed E-state index contributed by atoms with van der Waals surface area (Å²) in [6, 6.07) is 14.1. The minimum Gasteiger partial charge on any atom is -0.497 e. The lowest BCUT2D eigenvalue weighted by molar-refractivity contribution is -0.138. The molecule has 0 aliphatic carbocycles. The van der Waals surface area contributed by atoms with E-state index in [0.717, 1.165) is 11.1 Å². The van der Waals surface area contributed by atoms with E-state index in [4.69, 9.17) is 14.2 Å². The van der Waals surface area contributed by atoms with Crippen molar-refractivity contribution in [1.29, 1.82) is 0 Å². The number of carbonyl (C=O) groups is 1. The monoisotopic (exact) mass is 490 g/mol.